The van der Waals surface area contributed by atoms with Gasteiger partial charge in [-0.1, -0.05) is 18.2 Å². The number of fused-ring (bicyclic) bond motifs is 2. The molecular weight excluding hydrogens is 536 g/mol. The first-order chi connectivity index (χ1) is 18.5. The van der Waals surface area contributed by atoms with Crippen LogP contribution in [0.15, 0.2) is 42.5 Å². The summed E-state index contributed by atoms with van der Waals surface area (Å²) in [7, 11) is 0. The molecule has 214 valence electrons. The zero-order valence-electron chi connectivity index (χ0n) is 22.0. The Kier molecular flexibility index (Phi) is 7.50. The summed E-state index contributed by atoms with van der Waals surface area (Å²) < 4.78 is 59.8. The number of Topliss-reactive ketones (excluding diaryl/α,β-unsaturated/α-hetero) is 1. The van der Waals surface area contributed by atoms with E-state index in [2.05, 4.69) is 5.32 Å². The molecule has 0 radical (unpaired) electrons. The number of halogens is 4. The molecule has 3 N–H and O–H groups in total. The van der Waals surface area contributed by atoms with Crippen molar-refractivity contribution >= 4 is 29.2 Å². The molecule has 0 aromatic heterocycles. The lowest BCUT2D eigenvalue weighted by atomic mass is 9.93. The average Bonchev–Trinajstić information content (AvgIpc) is 3.33. The third-order valence-corrected chi connectivity index (χ3v) is 6.95. The van der Waals surface area contributed by atoms with Gasteiger partial charge in [-0.15, -0.1) is 0 Å². The second-order valence-corrected chi connectivity index (χ2v) is 10.5. The van der Waals surface area contributed by atoms with Crippen molar-refractivity contribution in [3.8, 4) is 0 Å². The van der Waals surface area contributed by atoms with Crippen LogP contribution in [0.25, 0.3) is 0 Å². The Bertz CT molecular complexity index is 1360. The average molecular weight is 565 g/mol. The lowest BCUT2D eigenvalue weighted by Crippen LogP contribution is -2.51. The van der Waals surface area contributed by atoms with Crippen LogP contribution in [0.2, 0.25) is 0 Å². The lowest BCUT2D eigenvalue weighted by molar-refractivity contribution is -0.187. The molecule has 0 saturated carbocycles. The molecule has 2 aromatic carbocycles. The molecule has 1 aliphatic carbocycles. The number of hydrogen-bond acceptors (Lipinski definition) is 6. The van der Waals surface area contributed by atoms with E-state index in [-0.39, 0.29) is 17.5 Å². The fraction of sp³-hybridized carbons (Fsp3) is 0.407. The summed E-state index contributed by atoms with van der Waals surface area (Å²) in [5.41, 5.74) is 3.85. The summed E-state index contributed by atoms with van der Waals surface area (Å²) >= 11 is 0. The fourth-order valence-corrected chi connectivity index (χ4v) is 4.59. The summed E-state index contributed by atoms with van der Waals surface area (Å²) in [5.74, 6) is -3.56. The van der Waals surface area contributed by atoms with Crippen LogP contribution >= 0.6 is 0 Å². The Morgan fingerprint density at radius 2 is 1.80 bits per heavy atom. The maximum Gasteiger partial charge on any atom is 0.408 e. The van der Waals surface area contributed by atoms with E-state index in [0.717, 1.165) is 24.0 Å². The molecule has 2 atom stereocenters. The van der Waals surface area contributed by atoms with Crippen molar-refractivity contribution in [2.75, 3.05) is 18.6 Å². The normalized spacial score (nSPS) is 19.6. The van der Waals surface area contributed by atoms with Gasteiger partial charge >= 0.3 is 6.18 Å². The van der Waals surface area contributed by atoms with Crippen molar-refractivity contribution in [1.29, 1.82) is 0 Å². The van der Waals surface area contributed by atoms with Crippen molar-refractivity contribution in [2.45, 2.75) is 57.1 Å². The van der Waals surface area contributed by atoms with E-state index in [4.69, 9.17) is 10.5 Å². The minimum Gasteiger partial charge on any atom is -0.332 e. The largest absolute Gasteiger partial charge is 0.408 e. The molecule has 1 spiro atoms. The molecule has 1 heterocycles. The molecule has 4 rings (SSSR count). The number of benzene rings is 2. The van der Waals surface area contributed by atoms with E-state index in [1.807, 2.05) is 0 Å². The lowest BCUT2D eigenvalue weighted by Gasteiger charge is -2.32. The molecule has 2 aliphatic rings. The quantitative estimate of drug-likeness (QED) is 0.394. The topological polar surface area (TPSA) is 122 Å². The minimum atomic E-state index is -4.77. The number of rotatable bonds is 7. The number of carbonyl (C=O) groups is 4. The molecule has 0 unspecified atom stereocenters. The highest BCUT2D eigenvalue weighted by atomic mass is 19.4. The van der Waals surface area contributed by atoms with Gasteiger partial charge in [-0.25, -0.2) is 4.39 Å². The third kappa shape index (κ3) is 5.43. The van der Waals surface area contributed by atoms with E-state index in [0.29, 0.717) is 16.2 Å². The Hall–Kier alpha value is -3.84. The van der Waals surface area contributed by atoms with E-state index < -0.39 is 72.5 Å². The molecule has 9 nitrogen and oxygen atoms in total. The number of amides is 3. The Labute approximate surface area is 227 Å². The van der Waals surface area contributed by atoms with Crippen molar-refractivity contribution < 1.29 is 41.5 Å². The monoisotopic (exact) mass is 564 g/mol. The summed E-state index contributed by atoms with van der Waals surface area (Å²) in [6.07, 6.45) is -4.96. The number of ketones is 1. The molecule has 3 amide bonds. The standard InChI is InChI=1S/C27H28F4N4O5/c1-15(27(29,30)31)35(12-16-4-6-18(28)7-5-16)22(37)13-34-14-40-26(24(34)39)20-9-8-19(10-17(20)11-21(26)36)33-23(38)25(2,3)32/h4-10,15H,11-14,32H2,1-3H3,(H,33,38)/t15-,26+/m0/s1. The van der Waals surface area contributed by atoms with Gasteiger partial charge in [-0.3, -0.25) is 19.2 Å². The van der Waals surface area contributed by atoms with Gasteiger partial charge in [0.15, 0.2) is 5.78 Å². The zero-order chi connectivity index (χ0) is 29.6. The van der Waals surface area contributed by atoms with Crippen molar-refractivity contribution in [2.24, 2.45) is 5.73 Å². The first-order valence-corrected chi connectivity index (χ1v) is 12.3. The van der Waals surface area contributed by atoms with Crippen molar-refractivity contribution in [3.63, 3.8) is 0 Å². The van der Waals surface area contributed by atoms with E-state index in [1.54, 1.807) is 0 Å². The molecule has 1 aliphatic heterocycles. The molecule has 2 aromatic rings. The highest BCUT2D eigenvalue weighted by Gasteiger charge is 2.59. The smallest absolute Gasteiger partial charge is 0.332 e. The first kappa shape index (κ1) is 29.2. The predicted molar refractivity (Wildman–Crippen MR) is 134 cm³/mol. The molecule has 13 heteroatoms. The van der Waals surface area contributed by atoms with Gasteiger partial charge in [-0.2, -0.15) is 13.2 Å². The maximum absolute atomic E-state index is 13.6. The summed E-state index contributed by atoms with van der Waals surface area (Å²) in [5, 5.41) is 2.64. The predicted octanol–water partition coefficient (Wildman–Crippen LogP) is 2.62. The first-order valence-electron chi connectivity index (χ1n) is 12.3. The van der Waals surface area contributed by atoms with Crippen LogP contribution in [0.5, 0.6) is 0 Å². The summed E-state index contributed by atoms with van der Waals surface area (Å²) in [6.45, 7) is 2.09. The van der Waals surface area contributed by atoms with Gasteiger partial charge in [0.2, 0.25) is 17.4 Å². The number of alkyl halides is 3. The molecule has 1 saturated heterocycles. The van der Waals surface area contributed by atoms with Gasteiger partial charge in [0.05, 0.1) is 5.54 Å². The molecule has 1 fully saturated rings. The van der Waals surface area contributed by atoms with Gasteiger partial charge in [0, 0.05) is 24.2 Å². The number of nitrogens with one attached hydrogen (secondary N) is 1. The molecule has 0 bridgehead atoms. The van der Waals surface area contributed by atoms with Gasteiger partial charge in [0.1, 0.15) is 25.1 Å². The van der Waals surface area contributed by atoms with Crippen LogP contribution in [-0.2, 0) is 42.5 Å². The van der Waals surface area contributed by atoms with Crippen LogP contribution in [0.1, 0.15) is 37.5 Å². The van der Waals surface area contributed by atoms with Crippen LogP contribution in [-0.4, -0.2) is 64.3 Å². The van der Waals surface area contributed by atoms with Crippen LogP contribution < -0.4 is 11.1 Å². The maximum atomic E-state index is 13.6. The Balaban J connectivity index is 1.55. The minimum absolute atomic E-state index is 0.194. The number of ether oxygens (including phenoxy) is 1. The van der Waals surface area contributed by atoms with Crippen LogP contribution in [0.4, 0.5) is 23.2 Å². The second-order valence-electron chi connectivity index (χ2n) is 10.5. The zero-order valence-corrected chi connectivity index (χ0v) is 22.0. The SMILES string of the molecule is C[C@H](N(Cc1ccc(F)cc1)C(=O)CN1CO[C@]2(C(=O)Cc3cc(NC(=O)C(C)(C)N)ccc32)C1=O)C(F)(F)F. The fourth-order valence-electron chi connectivity index (χ4n) is 4.59. The highest BCUT2D eigenvalue weighted by molar-refractivity contribution is 6.15. The van der Waals surface area contributed by atoms with E-state index >= 15 is 0 Å². The van der Waals surface area contributed by atoms with Gasteiger partial charge in [-0.05, 0) is 56.2 Å². The van der Waals surface area contributed by atoms with Gasteiger partial charge in [0.25, 0.3) is 5.91 Å². The van der Waals surface area contributed by atoms with Crippen LogP contribution in [0.3, 0.4) is 0 Å². The number of carbonyl (C=O) groups excluding carboxylic acids is 4. The molecule has 40 heavy (non-hydrogen) atoms. The summed E-state index contributed by atoms with van der Waals surface area (Å²) in [4.78, 5) is 53.4. The Morgan fingerprint density at radius 1 is 1.15 bits per heavy atom. The number of anilines is 1. The van der Waals surface area contributed by atoms with Gasteiger partial charge < -0.3 is 25.6 Å². The second kappa shape index (κ2) is 10.3. The molecular formula is C27H28F4N4O5. The van der Waals surface area contributed by atoms with Crippen molar-refractivity contribution in [3.05, 3.63) is 65.0 Å². The third-order valence-electron chi connectivity index (χ3n) is 6.95. The highest BCUT2D eigenvalue weighted by Crippen LogP contribution is 2.43. The number of nitrogens with two attached hydrogens (primary N) is 1. The Morgan fingerprint density at radius 3 is 2.40 bits per heavy atom. The number of nitrogens with zero attached hydrogens (tertiary/aromatic N) is 2. The summed E-state index contributed by atoms with van der Waals surface area (Å²) in [6, 6.07) is 6.89. The van der Waals surface area contributed by atoms with E-state index in [1.165, 1.54) is 44.2 Å². The van der Waals surface area contributed by atoms with Crippen molar-refractivity contribution in [1.82, 2.24) is 9.80 Å². The number of hydrogen-bond donors (Lipinski definition) is 2. The van der Waals surface area contributed by atoms with Crippen LogP contribution in [0, 0.1) is 5.82 Å². The van der Waals surface area contributed by atoms with E-state index in [9.17, 15) is 36.7 Å².